The summed E-state index contributed by atoms with van der Waals surface area (Å²) in [6.45, 7) is 4.30. The third-order valence-electron chi connectivity index (χ3n) is 2.77. The molecule has 15 heavy (non-hydrogen) atoms. The maximum Gasteiger partial charge on any atom is 0.0959 e. The van der Waals surface area contributed by atoms with Gasteiger partial charge in [-0.25, -0.2) is 0 Å². The van der Waals surface area contributed by atoms with E-state index in [0.29, 0.717) is 0 Å². The van der Waals surface area contributed by atoms with Crippen molar-refractivity contribution in [1.29, 1.82) is 0 Å². The minimum Gasteiger partial charge on any atom is -0.374 e. The van der Waals surface area contributed by atoms with Gasteiger partial charge < -0.3 is 5.32 Å². The minimum atomic E-state index is 1.08. The Morgan fingerprint density at radius 1 is 1.13 bits per heavy atom. The quantitative estimate of drug-likeness (QED) is 0.653. The predicted octanol–water partition coefficient (Wildman–Crippen LogP) is 2.42. The van der Waals surface area contributed by atoms with E-state index in [-0.39, 0.29) is 0 Å². The highest BCUT2D eigenvalue weighted by molar-refractivity contribution is 5.82. The van der Waals surface area contributed by atoms with Gasteiger partial charge in [0, 0.05) is 32.3 Å². The predicted molar refractivity (Wildman–Crippen MR) is 67.0 cm³/mol. The lowest BCUT2D eigenvalue weighted by molar-refractivity contribution is 0.668. The van der Waals surface area contributed by atoms with Crippen LogP contribution >= 0.6 is 0 Å². The second kappa shape index (κ2) is 7.43. The Hall–Kier alpha value is -0.860. The number of piperidine rings is 1. The van der Waals surface area contributed by atoms with Crippen LogP contribution in [0.3, 0.4) is 0 Å². The van der Waals surface area contributed by atoms with Crippen molar-refractivity contribution in [3.63, 3.8) is 0 Å². The van der Waals surface area contributed by atoms with Crippen LogP contribution in [-0.2, 0) is 0 Å². The number of aliphatic imine (C=N–C) groups is 2. The molecule has 0 atom stereocenters. The molecule has 0 aromatic rings. The fourth-order valence-corrected chi connectivity index (χ4v) is 1.77. The first-order valence-electron chi connectivity index (χ1n) is 6.02. The van der Waals surface area contributed by atoms with E-state index in [2.05, 4.69) is 22.2 Å². The van der Waals surface area contributed by atoms with Crippen molar-refractivity contribution in [2.24, 2.45) is 9.98 Å². The molecule has 2 aliphatic heterocycles. The van der Waals surface area contributed by atoms with Gasteiger partial charge in [-0.3, -0.25) is 9.98 Å². The van der Waals surface area contributed by atoms with Gasteiger partial charge in [0.15, 0.2) is 0 Å². The molecule has 2 heterocycles. The van der Waals surface area contributed by atoms with Gasteiger partial charge in [-0.05, 0) is 39.0 Å². The second-order valence-electron chi connectivity index (χ2n) is 4.13. The molecule has 3 heteroatoms. The Balaban J connectivity index is 0.000000151. The first-order chi connectivity index (χ1) is 7.33. The standard InChI is InChI=1S/C6H12N2.C6H11N/c1-7-6-4-2-3-5-8-6;1-6-4-2-3-5-7-6/h2-5H2,1H3,(H,7,8);2-5H2,1H3. The summed E-state index contributed by atoms with van der Waals surface area (Å²) in [5.74, 6) is 1.18. The Kier molecular flexibility index (Phi) is 6.05. The molecule has 1 N–H and O–H groups in total. The molecule has 2 rings (SSSR count). The monoisotopic (exact) mass is 209 g/mol. The summed E-state index contributed by atoms with van der Waals surface area (Å²) in [6, 6.07) is 0. The molecule has 0 radical (unpaired) electrons. The highest BCUT2D eigenvalue weighted by Crippen LogP contribution is 2.04. The molecule has 0 aromatic carbocycles. The van der Waals surface area contributed by atoms with Crippen LogP contribution in [0.15, 0.2) is 9.98 Å². The number of hydrogen-bond donors (Lipinski definition) is 1. The average Bonchev–Trinajstić information content (AvgIpc) is 2.32. The molecular weight excluding hydrogens is 186 g/mol. The third-order valence-corrected chi connectivity index (χ3v) is 2.77. The molecule has 1 fully saturated rings. The molecule has 0 aliphatic carbocycles. The molecule has 0 spiro atoms. The first-order valence-corrected chi connectivity index (χ1v) is 6.02. The van der Waals surface area contributed by atoms with Crippen LogP contribution in [-0.4, -0.2) is 31.7 Å². The van der Waals surface area contributed by atoms with E-state index in [0.717, 1.165) is 19.5 Å². The largest absolute Gasteiger partial charge is 0.374 e. The van der Waals surface area contributed by atoms with Crippen LogP contribution in [0.2, 0.25) is 0 Å². The van der Waals surface area contributed by atoms with Crippen molar-refractivity contribution >= 4 is 11.5 Å². The Labute approximate surface area is 93.1 Å². The smallest absolute Gasteiger partial charge is 0.0959 e. The number of amidine groups is 1. The highest BCUT2D eigenvalue weighted by atomic mass is 15.0. The molecule has 3 nitrogen and oxygen atoms in total. The molecule has 0 bridgehead atoms. The summed E-state index contributed by atoms with van der Waals surface area (Å²) in [5.41, 5.74) is 1.34. The zero-order valence-electron chi connectivity index (χ0n) is 10.1. The average molecular weight is 209 g/mol. The second-order valence-corrected chi connectivity index (χ2v) is 4.13. The van der Waals surface area contributed by atoms with Crippen molar-refractivity contribution in [2.75, 3.05) is 20.1 Å². The van der Waals surface area contributed by atoms with E-state index in [1.54, 1.807) is 0 Å². The lowest BCUT2D eigenvalue weighted by Gasteiger charge is -2.13. The van der Waals surface area contributed by atoms with Crippen molar-refractivity contribution in [3.8, 4) is 0 Å². The van der Waals surface area contributed by atoms with Gasteiger partial charge in [-0.2, -0.15) is 0 Å². The molecule has 1 saturated heterocycles. The summed E-state index contributed by atoms with van der Waals surface area (Å²) in [6.07, 6.45) is 7.65. The third kappa shape index (κ3) is 5.55. The zero-order valence-corrected chi connectivity index (χ0v) is 10.1. The lowest BCUT2D eigenvalue weighted by Crippen LogP contribution is -2.28. The van der Waals surface area contributed by atoms with E-state index in [1.165, 1.54) is 43.7 Å². The summed E-state index contributed by atoms with van der Waals surface area (Å²) in [5, 5.41) is 3.22. The number of hydrogen-bond acceptors (Lipinski definition) is 2. The Morgan fingerprint density at radius 3 is 2.27 bits per heavy atom. The Morgan fingerprint density at radius 2 is 1.93 bits per heavy atom. The van der Waals surface area contributed by atoms with Gasteiger partial charge in [-0.1, -0.05) is 0 Å². The molecular formula is C12H23N3. The van der Waals surface area contributed by atoms with Gasteiger partial charge in [-0.15, -0.1) is 0 Å². The van der Waals surface area contributed by atoms with E-state index >= 15 is 0 Å². The Bertz CT molecular complexity index is 223. The van der Waals surface area contributed by atoms with Crippen molar-refractivity contribution < 1.29 is 0 Å². The summed E-state index contributed by atoms with van der Waals surface area (Å²) in [7, 11) is 1.84. The van der Waals surface area contributed by atoms with Crippen LogP contribution in [0.25, 0.3) is 0 Å². The molecule has 2 aliphatic rings. The fourth-order valence-electron chi connectivity index (χ4n) is 1.77. The lowest BCUT2D eigenvalue weighted by atomic mass is 10.1. The number of rotatable bonds is 0. The zero-order chi connectivity index (χ0) is 10.9. The van der Waals surface area contributed by atoms with Crippen LogP contribution < -0.4 is 5.32 Å². The fraction of sp³-hybridized carbons (Fsp3) is 0.833. The van der Waals surface area contributed by atoms with E-state index < -0.39 is 0 Å². The van der Waals surface area contributed by atoms with Gasteiger partial charge in [0.25, 0.3) is 0 Å². The summed E-state index contributed by atoms with van der Waals surface area (Å²) < 4.78 is 0. The van der Waals surface area contributed by atoms with E-state index in [4.69, 9.17) is 0 Å². The number of nitrogens with one attached hydrogen (secondary N) is 1. The van der Waals surface area contributed by atoms with Crippen LogP contribution in [0.4, 0.5) is 0 Å². The maximum atomic E-state index is 4.25. The molecule has 86 valence electrons. The van der Waals surface area contributed by atoms with Crippen molar-refractivity contribution in [2.45, 2.75) is 45.4 Å². The molecule has 0 saturated carbocycles. The SMILES string of the molecule is CC1=NCCCC1.CN=C1CCCCN1. The van der Waals surface area contributed by atoms with Gasteiger partial charge >= 0.3 is 0 Å². The minimum absolute atomic E-state index is 1.08. The first kappa shape index (κ1) is 12.2. The van der Waals surface area contributed by atoms with Gasteiger partial charge in [0.05, 0.1) is 5.84 Å². The van der Waals surface area contributed by atoms with Gasteiger partial charge in [0.1, 0.15) is 0 Å². The van der Waals surface area contributed by atoms with Gasteiger partial charge in [0.2, 0.25) is 0 Å². The summed E-state index contributed by atoms with van der Waals surface area (Å²) in [4.78, 5) is 8.30. The topological polar surface area (TPSA) is 36.8 Å². The molecule has 0 unspecified atom stereocenters. The van der Waals surface area contributed by atoms with Crippen molar-refractivity contribution in [1.82, 2.24) is 5.32 Å². The van der Waals surface area contributed by atoms with Crippen LogP contribution in [0.1, 0.15) is 45.4 Å². The van der Waals surface area contributed by atoms with Crippen molar-refractivity contribution in [3.05, 3.63) is 0 Å². The van der Waals surface area contributed by atoms with Crippen LogP contribution in [0, 0.1) is 0 Å². The van der Waals surface area contributed by atoms with Crippen LogP contribution in [0.5, 0.6) is 0 Å². The molecule has 0 amide bonds. The van der Waals surface area contributed by atoms with E-state index in [1.807, 2.05) is 7.05 Å². The normalized spacial score (nSPS) is 23.6. The number of nitrogens with zero attached hydrogens (tertiary/aromatic N) is 2. The summed E-state index contributed by atoms with van der Waals surface area (Å²) >= 11 is 0. The van der Waals surface area contributed by atoms with E-state index in [9.17, 15) is 0 Å². The molecule has 0 aromatic heterocycles. The maximum absolute atomic E-state index is 4.25. The highest BCUT2D eigenvalue weighted by Gasteiger charge is 2.02.